The van der Waals surface area contributed by atoms with Gasteiger partial charge in [0.25, 0.3) is 0 Å². The summed E-state index contributed by atoms with van der Waals surface area (Å²) >= 11 is 3.31. The highest BCUT2D eigenvalue weighted by atomic mass is 79.9. The molecule has 0 saturated carbocycles. The van der Waals surface area contributed by atoms with Crippen LogP contribution in [0, 0.1) is 5.92 Å². The number of aromatic nitrogens is 1. The van der Waals surface area contributed by atoms with Gasteiger partial charge in [-0.3, -0.25) is 4.79 Å². The molecule has 0 spiro atoms. The second-order valence-electron chi connectivity index (χ2n) is 3.78. The van der Waals surface area contributed by atoms with Crippen LogP contribution < -0.4 is 11.1 Å². The molecule has 1 aromatic heterocycles. The van der Waals surface area contributed by atoms with Crippen molar-refractivity contribution in [2.75, 3.05) is 11.1 Å². The van der Waals surface area contributed by atoms with E-state index in [0.29, 0.717) is 16.0 Å². The van der Waals surface area contributed by atoms with Crippen LogP contribution in [0.2, 0.25) is 0 Å². The molecule has 0 saturated heterocycles. The number of carbonyl (C=O) groups excluding carboxylic acids is 1. The molecular formula is C11H16BrN3O. The van der Waals surface area contributed by atoms with E-state index in [4.69, 9.17) is 5.73 Å². The number of amides is 1. The molecule has 0 radical (unpaired) electrons. The Kier molecular flexibility index (Phi) is 4.73. The number of halogens is 1. The Morgan fingerprint density at radius 3 is 2.94 bits per heavy atom. The third kappa shape index (κ3) is 3.48. The van der Waals surface area contributed by atoms with Gasteiger partial charge in [-0.1, -0.05) is 20.3 Å². The molecule has 88 valence electrons. The molecule has 1 atom stereocenters. The highest BCUT2D eigenvalue weighted by molar-refractivity contribution is 9.10. The van der Waals surface area contributed by atoms with Crippen molar-refractivity contribution in [1.29, 1.82) is 0 Å². The SMILES string of the molecule is CCCC(C)C(=O)Nc1ncc(N)cc1Br. The van der Waals surface area contributed by atoms with Crippen LogP contribution in [0.3, 0.4) is 0 Å². The molecule has 1 amide bonds. The Labute approximate surface area is 104 Å². The summed E-state index contributed by atoms with van der Waals surface area (Å²) in [5.74, 6) is 0.498. The van der Waals surface area contributed by atoms with Gasteiger partial charge in [-0.05, 0) is 28.4 Å². The molecule has 0 aliphatic rings. The standard InChI is InChI=1S/C11H16BrN3O/c1-3-4-7(2)11(16)15-10-9(12)5-8(13)6-14-10/h5-7H,3-4,13H2,1-2H3,(H,14,15,16). The van der Waals surface area contributed by atoms with Crippen LogP contribution in [0.25, 0.3) is 0 Å². The lowest BCUT2D eigenvalue weighted by molar-refractivity contribution is -0.119. The van der Waals surface area contributed by atoms with Gasteiger partial charge in [0.15, 0.2) is 0 Å². The highest BCUT2D eigenvalue weighted by Crippen LogP contribution is 2.22. The maximum absolute atomic E-state index is 11.7. The van der Waals surface area contributed by atoms with Crippen LogP contribution in [-0.4, -0.2) is 10.9 Å². The zero-order chi connectivity index (χ0) is 12.1. The van der Waals surface area contributed by atoms with Gasteiger partial charge >= 0.3 is 0 Å². The largest absolute Gasteiger partial charge is 0.397 e. The summed E-state index contributed by atoms with van der Waals surface area (Å²) in [6.07, 6.45) is 3.38. The quantitative estimate of drug-likeness (QED) is 0.894. The molecule has 3 N–H and O–H groups in total. The Balaban J connectivity index is 2.69. The number of nitrogens with one attached hydrogen (secondary N) is 1. The van der Waals surface area contributed by atoms with Crippen LogP contribution in [0.1, 0.15) is 26.7 Å². The summed E-state index contributed by atoms with van der Waals surface area (Å²) < 4.78 is 0.699. The number of anilines is 2. The molecule has 0 aromatic carbocycles. The third-order valence-electron chi connectivity index (χ3n) is 2.27. The van der Waals surface area contributed by atoms with Crippen molar-refractivity contribution in [1.82, 2.24) is 4.98 Å². The number of nitrogens with zero attached hydrogens (tertiary/aromatic N) is 1. The van der Waals surface area contributed by atoms with E-state index in [2.05, 4.69) is 33.2 Å². The molecule has 16 heavy (non-hydrogen) atoms. The first-order chi connectivity index (χ1) is 7.54. The first kappa shape index (κ1) is 13.0. The van der Waals surface area contributed by atoms with Gasteiger partial charge in [0.05, 0.1) is 16.4 Å². The predicted molar refractivity (Wildman–Crippen MR) is 69.1 cm³/mol. The van der Waals surface area contributed by atoms with Crippen molar-refractivity contribution < 1.29 is 4.79 Å². The maximum atomic E-state index is 11.7. The van der Waals surface area contributed by atoms with Crippen LogP contribution in [-0.2, 0) is 4.79 Å². The number of pyridine rings is 1. The van der Waals surface area contributed by atoms with E-state index in [9.17, 15) is 4.79 Å². The molecule has 0 aliphatic carbocycles. The molecular weight excluding hydrogens is 270 g/mol. The minimum absolute atomic E-state index is 0.00347. The van der Waals surface area contributed by atoms with E-state index >= 15 is 0 Å². The van der Waals surface area contributed by atoms with Crippen molar-refractivity contribution in [3.05, 3.63) is 16.7 Å². The zero-order valence-electron chi connectivity index (χ0n) is 9.46. The fourth-order valence-corrected chi connectivity index (χ4v) is 1.81. The van der Waals surface area contributed by atoms with Crippen molar-refractivity contribution in [3.63, 3.8) is 0 Å². The van der Waals surface area contributed by atoms with Crippen molar-refractivity contribution in [2.45, 2.75) is 26.7 Å². The lowest BCUT2D eigenvalue weighted by Crippen LogP contribution is -2.21. The lowest BCUT2D eigenvalue weighted by atomic mass is 10.1. The van der Waals surface area contributed by atoms with Crippen LogP contribution in [0.4, 0.5) is 11.5 Å². The average molecular weight is 286 g/mol. The van der Waals surface area contributed by atoms with Crippen LogP contribution >= 0.6 is 15.9 Å². The second-order valence-corrected chi connectivity index (χ2v) is 4.63. The fraction of sp³-hybridized carbons (Fsp3) is 0.455. The number of rotatable bonds is 4. The van der Waals surface area contributed by atoms with E-state index in [1.54, 1.807) is 6.07 Å². The van der Waals surface area contributed by atoms with Crippen molar-refractivity contribution in [3.8, 4) is 0 Å². The van der Waals surface area contributed by atoms with Gasteiger partial charge in [0.2, 0.25) is 5.91 Å². The Hall–Kier alpha value is -1.10. The van der Waals surface area contributed by atoms with E-state index in [1.165, 1.54) is 6.20 Å². The topological polar surface area (TPSA) is 68.0 Å². The summed E-state index contributed by atoms with van der Waals surface area (Å²) in [6.45, 7) is 3.96. The summed E-state index contributed by atoms with van der Waals surface area (Å²) in [5.41, 5.74) is 6.12. The zero-order valence-corrected chi connectivity index (χ0v) is 11.0. The maximum Gasteiger partial charge on any atom is 0.228 e. The van der Waals surface area contributed by atoms with Gasteiger partial charge in [0.1, 0.15) is 5.82 Å². The third-order valence-corrected chi connectivity index (χ3v) is 2.88. The summed E-state index contributed by atoms with van der Waals surface area (Å²) in [6, 6.07) is 1.72. The Morgan fingerprint density at radius 1 is 1.69 bits per heavy atom. The molecule has 0 aliphatic heterocycles. The summed E-state index contributed by atoms with van der Waals surface area (Å²) in [5, 5.41) is 2.77. The molecule has 5 heteroatoms. The number of carbonyl (C=O) groups is 1. The van der Waals surface area contributed by atoms with Crippen LogP contribution in [0.15, 0.2) is 16.7 Å². The van der Waals surface area contributed by atoms with E-state index in [-0.39, 0.29) is 11.8 Å². The van der Waals surface area contributed by atoms with Crippen molar-refractivity contribution >= 4 is 33.3 Å². The monoisotopic (exact) mass is 285 g/mol. The minimum Gasteiger partial charge on any atom is -0.397 e. The number of nitrogens with two attached hydrogens (primary N) is 1. The van der Waals surface area contributed by atoms with Gasteiger partial charge in [-0.2, -0.15) is 0 Å². The minimum atomic E-state index is -0.0141. The molecule has 0 fully saturated rings. The van der Waals surface area contributed by atoms with Gasteiger partial charge < -0.3 is 11.1 Å². The lowest BCUT2D eigenvalue weighted by Gasteiger charge is -2.11. The Morgan fingerprint density at radius 2 is 2.38 bits per heavy atom. The Bertz CT molecular complexity index is 381. The molecule has 1 aromatic rings. The summed E-state index contributed by atoms with van der Waals surface area (Å²) in [7, 11) is 0. The average Bonchev–Trinajstić information content (AvgIpc) is 2.22. The van der Waals surface area contributed by atoms with Gasteiger partial charge in [-0.15, -0.1) is 0 Å². The second kappa shape index (κ2) is 5.84. The number of hydrogen-bond donors (Lipinski definition) is 2. The molecule has 1 heterocycles. The number of nitrogen functional groups attached to an aromatic ring is 1. The van der Waals surface area contributed by atoms with Crippen molar-refractivity contribution in [2.24, 2.45) is 5.92 Å². The van der Waals surface area contributed by atoms with Gasteiger partial charge in [0, 0.05) is 5.92 Å². The van der Waals surface area contributed by atoms with E-state index in [0.717, 1.165) is 12.8 Å². The molecule has 1 rings (SSSR count). The molecule has 1 unspecified atom stereocenters. The smallest absolute Gasteiger partial charge is 0.228 e. The van der Waals surface area contributed by atoms with E-state index in [1.807, 2.05) is 6.92 Å². The fourth-order valence-electron chi connectivity index (χ4n) is 1.35. The predicted octanol–water partition coefficient (Wildman–Crippen LogP) is 2.80. The molecule has 4 nitrogen and oxygen atoms in total. The summed E-state index contributed by atoms with van der Waals surface area (Å²) in [4.78, 5) is 15.8. The van der Waals surface area contributed by atoms with Crippen LogP contribution in [0.5, 0.6) is 0 Å². The van der Waals surface area contributed by atoms with E-state index < -0.39 is 0 Å². The highest BCUT2D eigenvalue weighted by Gasteiger charge is 2.13. The number of hydrogen-bond acceptors (Lipinski definition) is 3. The van der Waals surface area contributed by atoms with Gasteiger partial charge in [-0.25, -0.2) is 4.98 Å². The first-order valence-corrected chi connectivity index (χ1v) is 6.05. The normalized spacial score (nSPS) is 12.2. The first-order valence-electron chi connectivity index (χ1n) is 5.26. The molecule has 0 bridgehead atoms.